The van der Waals surface area contributed by atoms with E-state index in [9.17, 15) is 14.4 Å². The first kappa shape index (κ1) is 54.9. The molecule has 1 unspecified atom stereocenters. The molecule has 0 fully saturated rings. The number of esters is 3. The first-order chi connectivity index (χ1) is 28.0. The van der Waals surface area contributed by atoms with Crippen LogP contribution in [0.5, 0.6) is 0 Å². The molecule has 6 nitrogen and oxygen atoms in total. The van der Waals surface area contributed by atoms with Crippen molar-refractivity contribution >= 4 is 17.9 Å². The summed E-state index contributed by atoms with van der Waals surface area (Å²) in [5.41, 5.74) is 0. The van der Waals surface area contributed by atoms with Crippen LogP contribution >= 0.6 is 0 Å². The van der Waals surface area contributed by atoms with Gasteiger partial charge in [0, 0.05) is 19.3 Å². The van der Waals surface area contributed by atoms with Crippen molar-refractivity contribution in [3.8, 4) is 0 Å². The molecule has 0 saturated carbocycles. The molecule has 0 aromatic rings. The zero-order chi connectivity index (χ0) is 41.5. The van der Waals surface area contributed by atoms with E-state index < -0.39 is 6.10 Å². The number of ether oxygens (including phenoxy) is 3. The molecule has 0 spiro atoms. The van der Waals surface area contributed by atoms with Gasteiger partial charge in [0.05, 0.1) is 0 Å². The number of hydrogen-bond acceptors (Lipinski definition) is 6. The van der Waals surface area contributed by atoms with Gasteiger partial charge in [-0.15, -0.1) is 0 Å². The summed E-state index contributed by atoms with van der Waals surface area (Å²) < 4.78 is 16.7. The van der Waals surface area contributed by atoms with Crippen molar-refractivity contribution in [1.29, 1.82) is 0 Å². The Balaban J connectivity index is 4.29. The molecule has 0 aromatic carbocycles. The van der Waals surface area contributed by atoms with Crippen LogP contribution in [0.1, 0.15) is 265 Å². The minimum atomic E-state index is -0.772. The molecule has 0 aliphatic rings. The molecular formula is C51H94O6. The van der Waals surface area contributed by atoms with Crippen molar-refractivity contribution in [2.45, 2.75) is 271 Å². The summed E-state index contributed by atoms with van der Waals surface area (Å²) >= 11 is 0. The molecule has 6 heteroatoms. The Bertz CT molecular complexity index is 927. The maximum atomic E-state index is 12.7. The molecular weight excluding hydrogens is 709 g/mol. The molecule has 0 aliphatic heterocycles. The quantitative estimate of drug-likeness (QED) is 0.0264. The Morgan fingerprint density at radius 1 is 0.333 bits per heavy atom. The Labute approximate surface area is 353 Å². The van der Waals surface area contributed by atoms with Crippen molar-refractivity contribution in [2.75, 3.05) is 13.2 Å². The number of rotatable bonds is 45. The second-order valence-corrected chi connectivity index (χ2v) is 16.7. The molecule has 0 bridgehead atoms. The van der Waals surface area contributed by atoms with E-state index in [2.05, 4.69) is 45.1 Å². The highest BCUT2D eigenvalue weighted by Gasteiger charge is 2.19. The van der Waals surface area contributed by atoms with Gasteiger partial charge >= 0.3 is 17.9 Å². The highest BCUT2D eigenvalue weighted by atomic mass is 16.6. The maximum Gasteiger partial charge on any atom is 0.306 e. The molecule has 0 aromatic heterocycles. The van der Waals surface area contributed by atoms with Crippen LogP contribution in [0.2, 0.25) is 0 Å². The van der Waals surface area contributed by atoms with E-state index in [4.69, 9.17) is 14.2 Å². The fraction of sp³-hybridized carbons (Fsp3) is 0.863. The van der Waals surface area contributed by atoms with Crippen LogP contribution in [0.15, 0.2) is 24.3 Å². The summed E-state index contributed by atoms with van der Waals surface area (Å²) in [7, 11) is 0. The number of hydrogen-bond donors (Lipinski definition) is 0. The average Bonchev–Trinajstić information content (AvgIpc) is 3.21. The van der Waals surface area contributed by atoms with Gasteiger partial charge in [0.1, 0.15) is 13.2 Å². The normalized spacial score (nSPS) is 12.1. The highest BCUT2D eigenvalue weighted by Crippen LogP contribution is 2.16. The standard InChI is InChI=1S/C51H94O6/c1-4-7-10-13-16-19-22-23-24-25-26-27-30-32-35-38-41-44-50(53)56-47-48(57-51(54)45-42-39-36-33-29-21-18-15-12-9-6-3)46-55-49(52)43-40-37-34-31-28-20-17-14-11-8-5-2/h14-15,17-18,48H,4-13,16,19-47H2,1-3H3/b17-14-,18-15-. The molecule has 0 heterocycles. The molecule has 334 valence electrons. The second-order valence-electron chi connectivity index (χ2n) is 16.7. The third-order valence-corrected chi connectivity index (χ3v) is 10.9. The summed E-state index contributed by atoms with van der Waals surface area (Å²) in [6, 6.07) is 0. The summed E-state index contributed by atoms with van der Waals surface area (Å²) in [4.78, 5) is 37.8. The largest absolute Gasteiger partial charge is 0.462 e. The first-order valence-corrected chi connectivity index (χ1v) is 24.8. The lowest BCUT2D eigenvalue weighted by Gasteiger charge is -2.18. The molecule has 1 atom stereocenters. The van der Waals surface area contributed by atoms with Crippen LogP contribution in [-0.2, 0) is 28.6 Å². The maximum absolute atomic E-state index is 12.7. The molecule has 0 amide bonds. The van der Waals surface area contributed by atoms with Crippen molar-refractivity contribution in [1.82, 2.24) is 0 Å². The van der Waals surface area contributed by atoms with E-state index in [1.807, 2.05) is 0 Å². The van der Waals surface area contributed by atoms with Crippen molar-refractivity contribution < 1.29 is 28.6 Å². The lowest BCUT2D eigenvalue weighted by Crippen LogP contribution is -2.30. The van der Waals surface area contributed by atoms with Gasteiger partial charge in [-0.25, -0.2) is 0 Å². The van der Waals surface area contributed by atoms with Gasteiger partial charge in [-0.3, -0.25) is 14.4 Å². The van der Waals surface area contributed by atoms with Crippen LogP contribution in [-0.4, -0.2) is 37.2 Å². The minimum absolute atomic E-state index is 0.0739. The minimum Gasteiger partial charge on any atom is -0.462 e. The van der Waals surface area contributed by atoms with Crippen molar-refractivity contribution in [2.24, 2.45) is 0 Å². The fourth-order valence-electron chi connectivity index (χ4n) is 7.11. The second kappa shape index (κ2) is 46.6. The number of carbonyl (C=O) groups is 3. The highest BCUT2D eigenvalue weighted by molar-refractivity contribution is 5.71. The van der Waals surface area contributed by atoms with Crippen molar-refractivity contribution in [3.05, 3.63) is 24.3 Å². The van der Waals surface area contributed by atoms with E-state index >= 15 is 0 Å². The SMILES string of the molecule is CCCC/C=C\CCCCCCCC(=O)OCC(COC(=O)CCCCCCCCCCCCCCCCCCC)OC(=O)CCCCCCC/C=C\CCCC. The molecule has 0 saturated heterocycles. The van der Waals surface area contributed by atoms with Crippen LogP contribution in [0.3, 0.4) is 0 Å². The van der Waals surface area contributed by atoms with E-state index in [0.717, 1.165) is 77.0 Å². The molecule has 0 radical (unpaired) electrons. The van der Waals surface area contributed by atoms with Gasteiger partial charge in [0.15, 0.2) is 6.10 Å². The fourth-order valence-corrected chi connectivity index (χ4v) is 7.11. The molecule has 0 aliphatic carbocycles. The Morgan fingerprint density at radius 3 is 0.930 bits per heavy atom. The zero-order valence-electron chi connectivity index (χ0n) is 38.1. The lowest BCUT2D eigenvalue weighted by molar-refractivity contribution is -0.167. The number of allylic oxidation sites excluding steroid dienone is 4. The third-order valence-electron chi connectivity index (χ3n) is 10.9. The van der Waals surface area contributed by atoms with E-state index in [-0.39, 0.29) is 31.1 Å². The van der Waals surface area contributed by atoms with Gasteiger partial charge in [-0.2, -0.15) is 0 Å². The molecule has 0 N–H and O–H groups in total. The topological polar surface area (TPSA) is 78.9 Å². The van der Waals surface area contributed by atoms with E-state index in [0.29, 0.717) is 19.3 Å². The third kappa shape index (κ3) is 44.8. The van der Waals surface area contributed by atoms with Crippen LogP contribution < -0.4 is 0 Å². The zero-order valence-corrected chi connectivity index (χ0v) is 38.1. The van der Waals surface area contributed by atoms with Crippen molar-refractivity contribution in [3.63, 3.8) is 0 Å². The van der Waals surface area contributed by atoms with Crippen LogP contribution in [0.25, 0.3) is 0 Å². The predicted molar refractivity (Wildman–Crippen MR) is 243 cm³/mol. The van der Waals surface area contributed by atoms with Crippen LogP contribution in [0, 0.1) is 0 Å². The molecule has 57 heavy (non-hydrogen) atoms. The number of unbranched alkanes of at least 4 members (excludes halogenated alkanes) is 30. The number of carbonyl (C=O) groups excluding carboxylic acids is 3. The van der Waals surface area contributed by atoms with Gasteiger partial charge in [-0.1, -0.05) is 212 Å². The first-order valence-electron chi connectivity index (χ1n) is 24.8. The Hall–Kier alpha value is -2.11. The summed E-state index contributed by atoms with van der Waals surface area (Å²) in [6.07, 6.45) is 51.6. The average molecular weight is 803 g/mol. The van der Waals surface area contributed by atoms with E-state index in [1.54, 1.807) is 0 Å². The van der Waals surface area contributed by atoms with Crippen LogP contribution in [0.4, 0.5) is 0 Å². The van der Waals surface area contributed by atoms with Gasteiger partial charge in [0.2, 0.25) is 0 Å². The molecule has 0 rings (SSSR count). The van der Waals surface area contributed by atoms with E-state index in [1.165, 1.54) is 148 Å². The lowest BCUT2D eigenvalue weighted by atomic mass is 10.0. The Morgan fingerprint density at radius 2 is 0.596 bits per heavy atom. The Kier molecular flexibility index (Phi) is 44.9. The van der Waals surface area contributed by atoms with Gasteiger partial charge < -0.3 is 14.2 Å². The predicted octanol–water partition coefficient (Wildman–Crippen LogP) is 16.0. The summed E-state index contributed by atoms with van der Waals surface area (Å²) in [5.74, 6) is -0.885. The monoisotopic (exact) mass is 803 g/mol. The smallest absolute Gasteiger partial charge is 0.306 e. The summed E-state index contributed by atoms with van der Waals surface area (Å²) in [6.45, 7) is 6.57. The van der Waals surface area contributed by atoms with Gasteiger partial charge in [0.25, 0.3) is 0 Å². The summed E-state index contributed by atoms with van der Waals surface area (Å²) in [5, 5.41) is 0. The van der Waals surface area contributed by atoms with Gasteiger partial charge in [-0.05, 0) is 57.8 Å².